The number of carbonyl (C=O) groups is 1. The van der Waals surface area contributed by atoms with Gasteiger partial charge in [-0.25, -0.2) is 0 Å². The van der Waals surface area contributed by atoms with Crippen LogP contribution in [0.15, 0.2) is 30.3 Å². The highest BCUT2D eigenvalue weighted by Crippen LogP contribution is 2.13. The van der Waals surface area contributed by atoms with E-state index in [-0.39, 0.29) is 5.91 Å². The molecule has 0 unspecified atom stereocenters. The van der Waals surface area contributed by atoms with Gasteiger partial charge in [-0.1, -0.05) is 30.3 Å². The first-order chi connectivity index (χ1) is 8.75. The Morgan fingerprint density at radius 3 is 2.61 bits per heavy atom. The molecule has 1 aromatic rings. The SMILES string of the molecule is CN(CC1CCNCC1)C(=O)Cc1ccccc1. The topological polar surface area (TPSA) is 32.3 Å². The van der Waals surface area contributed by atoms with Gasteiger partial charge in [-0.3, -0.25) is 4.79 Å². The van der Waals surface area contributed by atoms with Crippen LogP contribution >= 0.6 is 0 Å². The van der Waals surface area contributed by atoms with E-state index < -0.39 is 0 Å². The zero-order valence-electron chi connectivity index (χ0n) is 11.1. The van der Waals surface area contributed by atoms with E-state index in [0.717, 1.165) is 25.2 Å². The van der Waals surface area contributed by atoms with E-state index in [1.807, 2.05) is 42.3 Å². The van der Waals surface area contributed by atoms with Crippen LogP contribution in [0, 0.1) is 5.92 Å². The van der Waals surface area contributed by atoms with Crippen LogP contribution in [-0.4, -0.2) is 37.5 Å². The predicted molar refractivity (Wildman–Crippen MR) is 73.4 cm³/mol. The maximum absolute atomic E-state index is 12.1. The molecule has 18 heavy (non-hydrogen) atoms. The molecule has 1 N–H and O–H groups in total. The number of carbonyl (C=O) groups excluding carboxylic acids is 1. The van der Waals surface area contributed by atoms with Crippen LogP contribution in [0.5, 0.6) is 0 Å². The maximum atomic E-state index is 12.1. The molecule has 0 spiro atoms. The number of hydrogen-bond acceptors (Lipinski definition) is 2. The van der Waals surface area contributed by atoms with Gasteiger partial charge in [0.25, 0.3) is 0 Å². The van der Waals surface area contributed by atoms with E-state index in [1.165, 1.54) is 12.8 Å². The van der Waals surface area contributed by atoms with Crippen molar-refractivity contribution in [2.45, 2.75) is 19.3 Å². The molecule has 1 saturated heterocycles. The van der Waals surface area contributed by atoms with Crippen molar-refractivity contribution in [3.63, 3.8) is 0 Å². The summed E-state index contributed by atoms with van der Waals surface area (Å²) in [5.74, 6) is 0.885. The van der Waals surface area contributed by atoms with E-state index in [0.29, 0.717) is 12.3 Å². The van der Waals surface area contributed by atoms with Gasteiger partial charge < -0.3 is 10.2 Å². The van der Waals surface area contributed by atoms with Crippen LogP contribution < -0.4 is 5.32 Å². The first kappa shape index (κ1) is 13.1. The fourth-order valence-electron chi connectivity index (χ4n) is 2.46. The van der Waals surface area contributed by atoms with Crippen molar-refractivity contribution in [2.75, 3.05) is 26.7 Å². The molecule has 2 rings (SSSR count). The first-order valence-corrected chi connectivity index (χ1v) is 6.74. The zero-order chi connectivity index (χ0) is 12.8. The van der Waals surface area contributed by atoms with E-state index in [1.54, 1.807) is 0 Å². The van der Waals surface area contributed by atoms with Crippen LogP contribution in [0.2, 0.25) is 0 Å². The Morgan fingerprint density at radius 2 is 1.94 bits per heavy atom. The van der Waals surface area contributed by atoms with Crippen molar-refractivity contribution in [2.24, 2.45) is 5.92 Å². The number of nitrogens with one attached hydrogen (secondary N) is 1. The Labute approximate surface area is 109 Å². The Morgan fingerprint density at radius 1 is 1.28 bits per heavy atom. The number of benzene rings is 1. The second-order valence-electron chi connectivity index (χ2n) is 5.13. The molecule has 1 aliphatic heterocycles. The molecule has 0 atom stereocenters. The molecule has 1 heterocycles. The minimum Gasteiger partial charge on any atom is -0.345 e. The maximum Gasteiger partial charge on any atom is 0.226 e. The van der Waals surface area contributed by atoms with E-state index in [4.69, 9.17) is 0 Å². The molecular weight excluding hydrogens is 224 g/mol. The van der Waals surface area contributed by atoms with Crippen LogP contribution in [-0.2, 0) is 11.2 Å². The van der Waals surface area contributed by atoms with Crippen molar-refractivity contribution < 1.29 is 4.79 Å². The predicted octanol–water partition coefficient (Wildman–Crippen LogP) is 1.69. The smallest absolute Gasteiger partial charge is 0.226 e. The summed E-state index contributed by atoms with van der Waals surface area (Å²) in [5, 5.41) is 3.35. The van der Waals surface area contributed by atoms with Crippen LogP contribution in [0.25, 0.3) is 0 Å². The van der Waals surface area contributed by atoms with Gasteiger partial charge in [0, 0.05) is 13.6 Å². The van der Waals surface area contributed by atoms with E-state index >= 15 is 0 Å². The average Bonchev–Trinajstić information content (AvgIpc) is 2.41. The second-order valence-corrected chi connectivity index (χ2v) is 5.13. The summed E-state index contributed by atoms with van der Waals surface area (Å²) in [7, 11) is 1.92. The standard InChI is InChI=1S/C15H22N2O/c1-17(12-14-7-9-16-10-8-14)15(18)11-13-5-3-2-4-6-13/h2-6,14,16H,7-12H2,1H3. The molecular formula is C15H22N2O. The Bertz CT molecular complexity index is 371. The molecule has 1 aromatic carbocycles. The van der Waals surface area contributed by atoms with Crippen LogP contribution in [0.3, 0.4) is 0 Å². The normalized spacial score (nSPS) is 16.5. The molecule has 3 nitrogen and oxygen atoms in total. The summed E-state index contributed by atoms with van der Waals surface area (Å²) in [4.78, 5) is 14.0. The lowest BCUT2D eigenvalue weighted by Crippen LogP contribution is -2.37. The molecule has 0 aliphatic carbocycles. The Kier molecular flexibility index (Phi) is 4.76. The summed E-state index contributed by atoms with van der Waals surface area (Å²) >= 11 is 0. The third-order valence-electron chi connectivity index (χ3n) is 3.61. The molecule has 0 saturated carbocycles. The molecule has 98 valence electrons. The minimum absolute atomic E-state index is 0.222. The summed E-state index contributed by atoms with van der Waals surface area (Å²) in [6.45, 7) is 3.07. The second kappa shape index (κ2) is 6.55. The van der Waals surface area contributed by atoms with Crippen LogP contribution in [0.4, 0.5) is 0 Å². The minimum atomic E-state index is 0.222. The quantitative estimate of drug-likeness (QED) is 0.877. The van der Waals surface area contributed by atoms with Gasteiger partial charge in [0.2, 0.25) is 5.91 Å². The van der Waals surface area contributed by atoms with Gasteiger partial charge in [-0.15, -0.1) is 0 Å². The monoisotopic (exact) mass is 246 g/mol. The first-order valence-electron chi connectivity index (χ1n) is 6.74. The number of nitrogens with zero attached hydrogens (tertiary/aromatic N) is 1. The highest BCUT2D eigenvalue weighted by molar-refractivity contribution is 5.78. The summed E-state index contributed by atoms with van der Waals surface area (Å²) < 4.78 is 0. The van der Waals surface area contributed by atoms with Gasteiger partial charge in [-0.2, -0.15) is 0 Å². The molecule has 1 aliphatic rings. The molecule has 3 heteroatoms. The van der Waals surface area contributed by atoms with Crippen LogP contribution in [0.1, 0.15) is 18.4 Å². The fourth-order valence-corrected chi connectivity index (χ4v) is 2.46. The number of rotatable bonds is 4. The van der Waals surface area contributed by atoms with Gasteiger partial charge >= 0.3 is 0 Å². The van der Waals surface area contributed by atoms with Gasteiger partial charge in [0.15, 0.2) is 0 Å². The Balaban J connectivity index is 1.81. The summed E-state index contributed by atoms with van der Waals surface area (Å²) in [5.41, 5.74) is 1.10. The number of piperidine rings is 1. The van der Waals surface area contributed by atoms with Crippen molar-refractivity contribution in [1.29, 1.82) is 0 Å². The fraction of sp³-hybridized carbons (Fsp3) is 0.533. The molecule has 1 fully saturated rings. The largest absolute Gasteiger partial charge is 0.345 e. The van der Waals surface area contributed by atoms with Gasteiger partial charge in [0.05, 0.1) is 6.42 Å². The number of amides is 1. The summed E-state index contributed by atoms with van der Waals surface area (Å²) in [6, 6.07) is 9.96. The van der Waals surface area contributed by atoms with Crippen molar-refractivity contribution in [3.8, 4) is 0 Å². The average molecular weight is 246 g/mol. The summed E-state index contributed by atoms with van der Waals surface area (Å²) in [6.07, 6.45) is 2.88. The highest BCUT2D eigenvalue weighted by Gasteiger charge is 2.17. The highest BCUT2D eigenvalue weighted by atomic mass is 16.2. The molecule has 0 radical (unpaired) electrons. The zero-order valence-corrected chi connectivity index (χ0v) is 11.1. The van der Waals surface area contributed by atoms with Crippen molar-refractivity contribution in [1.82, 2.24) is 10.2 Å². The molecule has 1 amide bonds. The van der Waals surface area contributed by atoms with E-state index in [2.05, 4.69) is 5.32 Å². The molecule has 0 aromatic heterocycles. The third-order valence-corrected chi connectivity index (χ3v) is 3.61. The lowest BCUT2D eigenvalue weighted by molar-refractivity contribution is -0.129. The Hall–Kier alpha value is -1.35. The number of likely N-dealkylation sites (N-methyl/N-ethyl adjacent to an activating group) is 1. The van der Waals surface area contributed by atoms with E-state index in [9.17, 15) is 4.79 Å². The number of hydrogen-bond donors (Lipinski definition) is 1. The molecule has 0 bridgehead atoms. The lowest BCUT2D eigenvalue weighted by Gasteiger charge is -2.27. The van der Waals surface area contributed by atoms with Crippen molar-refractivity contribution >= 4 is 5.91 Å². The van der Waals surface area contributed by atoms with Crippen molar-refractivity contribution in [3.05, 3.63) is 35.9 Å². The van der Waals surface area contributed by atoms with Gasteiger partial charge in [0.1, 0.15) is 0 Å². The third kappa shape index (κ3) is 3.84. The lowest BCUT2D eigenvalue weighted by atomic mass is 9.97. The van der Waals surface area contributed by atoms with Gasteiger partial charge in [-0.05, 0) is 37.4 Å².